The van der Waals surface area contributed by atoms with E-state index in [0.29, 0.717) is 0 Å². The highest BCUT2D eigenvalue weighted by molar-refractivity contribution is 7.86. The summed E-state index contributed by atoms with van der Waals surface area (Å²) in [5, 5.41) is 18.1. The van der Waals surface area contributed by atoms with Gasteiger partial charge in [0.2, 0.25) is 0 Å². The standard InChI is InChI=1S/C16H14N4O7S2/c17-9-1-3-11-8(5-9)6-14(29(25,26)27)15(16(11)21)20-19-12-7-10(18)2-4-13(12)28(22,23)24/h1-7,21H,17-18H2,(H,22,23,24)(H,25,26,27). The number of hydrogen-bond acceptors (Lipinski definition) is 9. The summed E-state index contributed by atoms with van der Waals surface area (Å²) in [6.45, 7) is 0. The molecule has 29 heavy (non-hydrogen) atoms. The van der Waals surface area contributed by atoms with Gasteiger partial charge in [-0.15, -0.1) is 10.2 Å². The molecule has 7 N–H and O–H groups in total. The SMILES string of the molecule is Nc1ccc(S(=O)(=O)O)c(N=Nc2c(S(=O)(=O)O)cc3cc(N)ccc3c2O)c1. The molecule has 0 fully saturated rings. The monoisotopic (exact) mass is 438 g/mol. The fourth-order valence-electron chi connectivity index (χ4n) is 2.60. The third kappa shape index (κ3) is 4.12. The van der Waals surface area contributed by atoms with E-state index in [1.165, 1.54) is 24.3 Å². The molecule has 3 rings (SSSR count). The van der Waals surface area contributed by atoms with Crippen LogP contribution in [0, 0.1) is 0 Å². The summed E-state index contributed by atoms with van der Waals surface area (Å²) in [5.74, 6) is -0.642. The molecule has 0 aliphatic carbocycles. The average molecular weight is 438 g/mol. The van der Waals surface area contributed by atoms with Gasteiger partial charge in [-0.1, -0.05) is 0 Å². The highest BCUT2D eigenvalue weighted by Crippen LogP contribution is 2.42. The highest BCUT2D eigenvalue weighted by atomic mass is 32.2. The van der Waals surface area contributed by atoms with Crippen LogP contribution in [0.3, 0.4) is 0 Å². The zero-order valence-corrected chi connectivity index (χ0v) is 16.0. The van der Waals surface area contributed by atoms with Crippen molar-refractivity contribution in [1.29, 1.82) is 0 Å². The number of rotatable bonds is 4. The summed E-state index contributed by atoms with van der Waals surface area (Å²) >= 11 is 0. The molecule has 0 spiro atoms. The number of hydrogen-bond donors (Lipinski definition) is 5. The van der Waals surface area contributed by atoms with E-state index < -0.39 is 47.2 Å². The Bertz CT molecular complexity index is 1380. The first-order chi connectivity index (χ1) is 13.4. The first-order valence-corrected chi connectivity index (χ1v) is 10.6. The van der Waals surface area contributed by atoms with Gasteiger partial charge < -0.3 is 16.6 Å². The fraction of sp³-hybridized carbons (Fsp3) is 0. The number of nitrogen functional groups attached to an aromatic ring is 2. The Morgan fingerprint density at radius 1 is 0.759 bits per heavy atom. The highest BCUT2D eigenvalue weighted by Gasteiger charge is 2.23. The van der Waals surface area contributed by atoms with Crippen molar-refractivity contribution in [2.45, 2.75) is 9.79 Å². The summed E-state index contributed by atoms with van der Waals surface area (Å²) in [4.78, 5) is -1.42. The number of benzene rings is 3. The largest absolute Gasteiger partial charge is 0.505 e. The van der Waals surface area contributed by atoms with Gasteiger partial charge in [0.1, 0.15) is 21.2 Å². The van der Waals surface area contributed by atoms with Gasteiger partial charge in [0, 0.05) is 16.8 Å². The molecule has 0 bridgehead atoms. The van der Waals surface area contributed by atoms with Crippen LogP contribution in [0.15, 0.2) is 62.5 Å². The van der Waals surface area contributed by atoms with Gasteiger partial charge in [0.15, 0.2) is 5.75 Å². The molecule has 3 aromatic carbocycles. The van der Waals surface area contributed by atoms with Crippen molar-refractivity contribution in [3.8, 4) is 5.75 Å². The number of phenolic OH excluding ortho intramolecular Hbond substituents is 1. The van der Waals surface area contributed by atoms with Gasteiger partial charge >= 0.3 is 0 Å². The molecule has 11 nitrogen and oxygen atoms in total. The molecule has 0 atom stereocenters. The number of anilines is 2. The number of nitrogens with two attached hydrogens (primary N) is 2. The van der Waals surface area contributed by atoms with Gasteiger partial charge in [0.25, 0.3) is 20.2 Å². The Morgan fingerprint density at radius 3 is 1.97 bits per heavy atom. The average Bonchev–Trinajstić information content (AvgIpc) is 2.58. The van der Waals surface area contributed by atoms with Gasteiger partial charge in [-0.25, -0.2) is 0 Å². The summed E-state index contributed by atoms with van der Waals surface area (Å²) in [7, 11) is -9.55. The second-order valence-corrected chi connectivity index (χ2v) is 8.71. The van der Waals surface area contributed by atoms with E-state index in [0.717, 1.165) is 18.2 Å². The lowest BCUT2D eigenvalue weighted by atomic mass is 10.1. The van der Waals surface area contributed by atoms with Crippen LogP contribution in [0.1, 0.15) is 0 Å². The van der Waals surface area contributed by atoms with Gasteiger partial charge in [0.05, 0.1) is 0 Å². The zero-order chi connectivity index (χ0) is 21.6. The lowest BCUT2D eigenvalue weighted by Gasteiger charge is -2.09. The van der Waals surface area contributed by atoms with Crippen LogP contribution in [0.4, 0.5) is 22.7 Å². The number of phenols is 1. The van der Waals surface area contributed by atoms with Crippen LogP contribution in [0.5, 0.6) is 5.75 Å². The smallest absolute Gasteiger partial charge is 0.296 e. The molecule has 0 heterocycles. The maximum Gasteiger partial charge on any atom is 0.296 e. The van der Waals surface area contributed by atoms with Gasteiger partial charge in [-0.3, -0.25) is 9.11 Å². The number of azo groups is 1. The Morgan fingerprint density at radius 2 is 1.34 bits per heavy atom. The van der Waals surface area contributed by atoms with Crippen LogP contribution >= 0.6 is 0 Å². The van der Waals surface area contributed by atoms with Crippen molar-refractivity contribution in [2.24, 2.45) is 10.2 Å². The molecular weight excluding hydrogens is 424 g/mol. The molecule has 0 saturated heterocycles. The third-order valence-corrected chi connectivity index (χ3v) is 5.64. The molecule has 0 aromatic heterocycles. The van der Waals surface area contributed by atoms with Crippen LogP contribution in [0.25, 0.3) is 10.8 Å². The summed E-state index contributed by atoms with van der Waals surface area (Å²) in [6, 6.07) is 8.49. The molecule has 0 unspecified atom stereocenters. The second kappa shape index (κ2) is 6.97. The zero-order valence-electron chi connectivity index (χ0n) is 14.4. The molecule has 0 aliphatic rings. The van der Waals surface area contributed by atoms with Crippen LogP contribution in [-0.4, -0.2) is 31.0 Å². The molecule has 152 valence electrons. The normalized spacial score (nSPS) is 12.6. The van der Waals surface area contributed by atoms with E-state index in [4.69, 9.17) is 11.5 Å². The molecule has 0 saturated carbocycles. The minimum Gasteiger partial charge on any atom is -0.505 e. The Kier molecular flexibility index (Phi) is 4.92. The second-order valence-electron chi connectivity index (χ2n) is 5.93. The van der Waals surface area contributed by atoms with Gasteiger partial charge in [-0.2, -0.15) is 16.8 Å². The fourth-order valence-corrected chi connectivity index (χ4v) is 3.86. The van der Waals surface area contributed by atoms with Crippen molar-refractivity contribution < 1.29 is 31.0 Å². The topological polar surface area (TPSA) is 206 Å². The molecule has 0 aliphatic heterocycles. The lowest BCUT2D eigenvalue weighted by Crippen LogP contribution is -2.00. The maximum absolute atomic E-state index is 11.8. The number of fused-ring (bicyclic) bond motifs is 1. The van der Waals surface area contributed by atoms with Crippen molar-refractivity contribution >= 4 is 53.8 Å². The Labute approximate surface area is 164 Å². The van der Waals surface area contributed by atoms with E-state index >= 15 is 0 Å². The van der Waals surface area contributed by atoms with Crippen LogP contribution in [-0.2, 0) is 20.2 Å². The van der Waals surface area contributed by atoms with Crippen molar-refractivity contribution in [1.82, 2.24) is 0 Å². The van der Waals surface area contributed by atoms with E-state index in [-0.39, 0.29) is 22.1 Å². The maximum atomic E-state index is 11.8. The quantitative estimate of drug-likeness (QED) is 0.230. The van der Waals surface area contributed by atoms with E-state index in [1.54, 1.807) is 0 Å². The van der Waals surface area contributed by atoms with E-state index in [9.17, 15) is 31.0 Å². The van der Waals surface area contributed by atoms with Crippen molar-refractivity contribution in [3.05, 3.63) is 42.5 Å². The first-order valence-electron chi connectivity index (χ1n) is 7.69. The molecule has 3 aromatic rings. The van der Waals surface area contributed by atoms with E-state index in [2.05, 4.69) is 10.2 Å². The molecule has 0 amide bonds. The molecule has 0 radical (unpaired) electrons. The van der Waals surface area contributed by atoms with Crippen molar-refractivity contribution in [2.75, 3.05) is 11.5 Å². The molecule has 13 heteroatoms. The Hall–Kier alpha value is -3.26. The van der Waals surface area contributed by atoms with Crippen molar-refractivity contribution in [3.63, 3.8) is 0 Å². The first kappa shape index (κ1) is 20.5. The predicted octanol–water partition coefficient (Wildman–Crippen LogP) is 2.62. The lowest BCUT2D eigenvalue weighted by molar-refractivity contribution is 0.472. The van der Waals surface area contributed by atoms with E-state index in [1.807, 2.05) is 0 Å². The van der Waals surface area contributed by atoms with Crippen LogP contribution < -0.4 is 11.5 Å². The minimum atomic E-state index is -4.86. The minimum absolute atomic E-state index is 0.0829. The predicted molar refractivity (Wildman–Crippen MR) is 105 cm³/mol. The van der Waals surface area contributed by atoms with Crippen LogP contribution in [0.2, 0.25) is 0 Å². The number of aromatic hydroxyl groups is 1. The number of nitrogens with zero attached hydrogens (tertiary/aromatic N) is 2. The summed E-state index contributed by atoms with van der Waals surface area (Å²) < 4.78 is 65.4. The Balaban J connectivity index is 2.30. The van der Waals surface area contributed by atoms with Gasteiger partial charge in [-0.05, 0) is 47.9 Å². The third-order valence-electron chi connectivity index (χ3n) is 3.87. The summed E-state index contributed by atoms with van der Waals surface area (Å²) in [5.41, 5.74) is 10.5. The molecular formula is C16H14N4O7S2. The summed E-state index contributed by atoms with van der Waals surface area (Å²) in [6.07, 6.45) is 0.